The van der Waals surface area contributed by atoms with E-state index in [0.717, 1.165) is 44.5 Å². The van der Waals surface area contributed by atoms with E-state index < -0.39 is 5.60 Å². The third-order valence-corrected chi connectivity index (χ3v) is 4.96. The highest BCUT2D eigenvalue weighted by Crippen LogP contribution is 2.32. The summed E-state index contributed by atoms with van der Waals surface area (Å²) in [5.74, 6) is 0. The van der Waals surface area contributed by atoms with Gasteiger partial charge in [-0.1, -0.05) is 42.3 Å². The Labute approximate surface area is 131 Å². The van der Waals surface area contributed by atoms with Crippen LogP contribution in [0.25, 0.3) is 0 Å². The summed E-state index contributed by atoms with van der Waals surface area (Å²) < 4.78 is 0. The minimum Gasteiger partial charge on any atom is -0.389 e. The Morgan fingerprint density at radius 2 is 2.05 bits per heavy atom. The monoisotopic (exact) mass is 315 g/mol. The molecule has 20 heavy (non-hydrogen) atoms. The van der Waals surface area contributed by atoms with E-state index in [1.54, 1.807) is 6.07 Å². The number of benzene rings is 1. The zero-order chi connectivity index (χ0) is 14.6. The van der Waals surface area contributed by atoms with Crippen molar-refractivity contribution in [2.24, 2.45) is 0 Å². The summed E-state index contributed by atoms with van der Waals surface area (Å²) in [7, 11) is 0. The summed E-state index contributed by atoms with van der Waals surface area (Å²) in [6, 6.07) is 5.64. The van der Waals surface area contributed by atoms with E-state index in [1.165, 1.54) is 6.42 Å². The summed E-state index contributed by atoms with van der Waals surface area (Å²) in [5, 5.41) is 12.0. The van der Waals surface area contributed by atoms with E-state index in [4.69, 9.17) is 23.2 Å². The van der Waals surface area contributed by atoms with Crippen molar-refractivity contribution in [3.05, 3.63) is 33.8 Å². The molecule has 112 valence electrons. The highest BCUT2D eigenvalue weighted by atomic mass is 35.5. The van der Waals surface area contributed by atoms with Crippen LogP contribution >= 0.6 is 23.2 Å². The number of halogens is 2. The van der Waals surface area contributed by atoms with Crippen molar-refractivity contribution in [3.8, 4) is 0 Å². The quantitative estimate of drug-likeness (QED) is 0.901. The Hall–Kier alpha value is -0.280. The lowest BCUT2D eigenvalue weighted by atomic mass is 9.88. The molecule has 1 heterocycles. The molecule has 1 aliphatic heterocycles. The van der Waals surface area contributed by atoms with Gasteiger partial charge in [-0.15, -0.1) is 0 Å². The molecular weight excluding hydrogens is 293 g/mol. The Balaban J connectivity index is 2.05. The Kier molecular flexibility index (Phi) is 5.74. The van der Waals surface area contributed by atoms with Gasteiger partial charge in [0.15, 0.2) is 0 Å². The van der Waals surface area contributed by atoms with Gasteiger partial charge in [-0.3, -0.25) is 0 Å². The van der Waals surface area contributed by atoms with Crippen molar-refractivity contribution < 1.29 is 5.11 Å². The van der Waals surface area contributed by atoms with Gasteiger partial charge in [0.25, 0.3) is 0 Å². The van der Waals surface area contributed by atoms with Crippen LogP contribution in [-0.2, 0) is 6.42 Å². The SMILES string of the molecule is CCCN1CCCC(O)(Cc2cccc(Cl)c2Cl)CC1. The summed E-state index contributed by atoms with van der Waals surface area (Å²) >= 11 is 12.3. The maximum atomic E-state index is 10.9. The largest absolute Gasteiger partial charge is 0.389 e. The predicted molar refractivity (Wildman–Crippen MR) is 85.7 cm³/mol. The summed E-state index contributed by atoms with van der Waals surface area (Å²) in [6.45, 7) is 5.36. The van der Waals surface area contributed by atoms with Crippen molar-refractivity contribution in [1.29, 1.82) is 0 Å². The van der Waals surface area contributed by atoms with E-state index in [9.17, 15) is 5.11 Å². The fraction of sp³-hybridized carbons (Fsp3) is 0.625. The predicted octanol–water partition coefficient (Wildman–Crippen LogP) is 4.16. The molecular formula is C16H23Cl2NO. The van der Waals surface area contributed by atoms with E-state index in [1.807, 2.05) is 12.1 Å². The molecule has 1 aromatic rings. The van der Waals surface area contributed by atoms with Crippen LogP contribution in [-0.4, -0.2) is 35.2 Å². The number of hydrogen-bond donors (Lipinski definition) is 1. The van der Waals surface area contributed by atoms with Gasteiger partial charge in [0.2, 0.25) is 0 Å². The van der Waals surface area contributed by atoms with Crippen LogP contribution < -0.4 is 0 Å². The van der Waals surface area contributed by atoms with Gasteiger partial charge in [-0.05, 0) is 50.4 Å². The third-order valence-electron chi connectivity index (χ3n) is 4.10. The van der Waals surface area contributed by atoms with E-state index in [-0.39, 0.29) is 0 Å². The third kappa shape index (κ3) is 4.11. The Bertz CT molecular complexity index is 452. The number of likely N-dealkylation sites (tertiary alicyclic amines) is 1. The lowest BCUT2D eigenvalue weighted by molar-refractivity contribution is 0.0257. The normalized spacial score (nSPS) is 24.6. The fourth-order valence-corrected chi connectivity index (χ4v) is 3.38. The maximum Gasteiger partial charge on any atom is 0.0701 e. The summed E-state index contributed by atoms with van der Waals surface area (Å²) in [6.07, 6.45) is 4.42. The minimum absolute atomic E-state index is 0.564. The van der Waals surface area contributed by atoms with Crippen LogP contribution in [0.2, 0.25) is 10.0 Å². The number of aliphatic hydroxyl groups is 1. The molecule has 0 spiro atoms. The molecule has 0 bridgehead atoms. The van der Waals surface area contributed by atoms with Gasteiger partial charge in [-0.2, -0.15) is 0 Å². The number of rotatable bonds is 4. The average molecular weight is 316 g/mol. The lowest BCUT2D eigenvalue weighted by Gasteiger charge is -2.27. The zero-order valence-corrected chi connectivity index (χ0v) is 13.6. The molecule has 1 atom stereocenters. The van der Waals surface area contributed by atoms with E-state index in [0.29, 0.717) is 16.5 Å². The molecule has 0 aliphatic carbocycles. The van der Waals surface area contributed by atoms with Crippen molar-refractivity contribution in [2.45, 2.75) is 44.6 Å². The fourth-order valence-electron chi connectivity index (χ4n) is 2.99. The van der Waals surface area contributed by atoms with Crippen LogP contribution in [0.3, 0.4) is 0 Å². The lowest BCUT2D eigenvalue weighted by Crippen LogP contribution is -2.33. The highest BCUT2D eigenvalue weighted by Gasteiger charge is 2.31. The van der Waals surface area contributed by atoms with Crippen LogP contribution in [0.5, 0.6) is 0 Å². The second-order valence-corrected chi connectivity index (χ2v) is 6.59. The summed E-state index contributed by atoms with van der Waals surface area (Å²) in [5.41, 5.74) is 0.294. The average Bonchev–Trinajstić information content (AvgIpc) is 2.59. The van der Waals surface area contributed by atoms with Gasteiger partial charge < -0.3 is 10.0 Å². The molecule has 0 radical (unpaired) electrons. The summed E-state index contributed by atoms with van der Waals surface area (Å²) in [4.78, 5) is 2.44. The van der Waals surface area contributed by atoms with Crippen molar-refractivity contribution in [2.75, 3.05) is 19.6 Å². The zero-order valence-electron chi connectivity index (χ0n) is 12.0. The van der Waals surface area contributed by atoms with E-state index >= 15 is 0 Å². The van der Waals surface area contributed by atoms with Crippen LogP contribution in [0.4, 0.5) is 0 Å². The first-order valence-corrected chi connectivity index (χ1v) is 8.17. The first kappa shape index (κ1) is 16.1. The topological polar surface area (TPSA) is 23.5 Å². The molecule has 0 aromatic heterocycles. The van der Waals surface area contributed by atoms with Crippen LogP contribution in [0.15, 0.2) is 18.2 Å². The maximum absolute atomic E-state index is 10.9. The van der Waals surface area contributed by atoms with Crippen molar-refractivity contribution in [1.82, 2.24) is 4.90 Å². The highest BCUT2D eigenvalue weighted by molar-refractivity contribution is 6.42. The second-order valence-electron chi connectivity index (χ2n) is 5.81. The minimum atomic E-state index is -0.656. The van der Waals surface area contributed by atoms with Gasteiger partial charge in [0.05, 0.1) is 15.6 Å². The van der Waals surface area contributed by atoms with Gasteiger partial charge in [0, 0.05) is 13.0 Å². The van der Waals surface area contributed by atoms with Gasteiger partial charge in [0.1, 0.15) is 0 Å². The van der Waals surface area contributed by atoms with E-state index in [2.05, 4.69) is 11.8 Å². The molecule has 1 aromatic carbocycles. The number of hydrogen-bond acceptors (Lipinski definition) is 2. The van der Waals surface area contributed by atoms with Crippen molar-refractivity contribution in [3.63, 3.8) is 0 Å². The second kappa shape index (κ2) is 7.13. The standard InChI is InChI=1S/C16H23Cl2NO/c1-2-9-19-10-4-7-16(20,8-11-19)12-13-5-3-6-14(17)15(13)18/h3,5-6,20H,2,4,7-12H2,1H3. The molecule has 2 nitrogen and oxygen atoms in total. The van der Waals surface area contributed by atoms with Gasteiger partial charge >= 0.3 is 0 Å². The molecule has 4 heteroatoms. The molecule has 0 saturated carbocycles. The van der Waals surface area contributed by atoms with Crippen LogP contribution in [0, 0.1) is 0 Å². The molecule has 1 fully saturated rings. The Morgan fingerprint density at radius 1 is 1.25 bits per heavy atom. The molecule has 1 saturated heterocycles. The molecule has 0 amide bonds. The molecule has 2 rings (SSSR count). The van der Waals surface area contributed by atoms with Crippen molar-refractivity contribution >= 4 is 23.2 Å². The first-order valence-electron chi connectivity index (χ1n) is 7.42. The van der Waals surface area contributed by atoms with Crippen LogP contribution in [0.1, 0.15) is 38.2 Å². The number of nitrogens with zero attached hydrogens (tertiary/aromatic N) is 1. The van der Waals surface area contributed by atoms with Gasteiger partial charge in [-0.25, -0.2) is 0 Å². The smallest absolute Gasteiger partial charge is 0.0701 e. The molecule has 1 N–H and O–H groups in total. The molecule has 1 unspecified atom stereocenters. The Morgan fingerprint density at radius 3 is 2.80 bits per heavy atom. The molecule has 1 aliphatic rings. The first-order chi connectivity index (χ1) is 9.54.